The summed E-state index contributed by atoms with van der Waals surface area (Å²) in [6.45, 7) is 2.86. The normalized spacial score (nSPS) is 14.0. The minimum atomic E-state index is -0.524. The average Bonchev–Trinajstić information content (AvgIpc) is 2.82. The van der Waals surface area contributed by atoms with Crippen LogP contribution in [-0.4, -0.2) is 73.5 Å². The molecule has 0 unspecified atom stereocenters. The van der Waals surface area contributed by atoms with Gasteiger partial charge in [-0.05, 0) is 24.3 Å². The zero-order chi connectivity index (χ0) is 23.1. The van der Waals surface area contributed by atoms with Crippen molar-refractivity contribution in [3.05, 3.63) is 58.1 Å². The highest BCUT2D eigenvalue weighted by atomic mass is 16.6. The number of nitro groups is 1. The van der Waals surface area contributed by atoms with Crippen LogP contribution in [0.15, 0.2) is 42.5 Å². The second kappa shape index (κ2) is 10.6. The third kappa shape index (κ3) is 5.52. The van der Waals surface area contributed by atoms with Crippen molar-refractivity contribution >= 4 is 23.2 Å². The van der Waals surface area contributed by atoms with Gasteiger partial charge in [-0.2, -0.15) is 0 Å². The fourth-order valence-electron chi connectivity index (χ4n) is 3.54. The molecular formula is C22H26N4O6. The van der Waals surface area contributed by atoms with Crippen molar-refractivity contribution in [2.24, 2.45) is 0 Å². The molecule has 2 amide bonds. The molecule has 1 heterocycles. The second-order valence-electron chi connectivity index (χ2n) is 7.28. The molecule has 0 aliphatic carbocycles. The maximum absolute atomic E-state index is 12.8. The lowest BCUT2D eigenvalue weighted by Gasteiger charge is -2.34. The van der Waals surface area contributed by atoms with Gasteiger partial charge >= 0.3 is 0 Å². The summed E-state index contributed by atoms with van der Waals surface area (Å²) < 4.78 is 10.5. The number of methoxy groups -OCH3 is 2. The molecule has 2 aromatic carbocycles. The number of nitro benzene ring substituents is 1. The molecule has 0 saturated carbocycles. The minimum Gasteiger partial charge on any atom is -0.493 e. The monoisotopic (exact) mass is 442 g/mol. The summed E-state index contributed by atoms with van der Waals surface area (Å²) in [5.41, 5.74) is 0.580. The van der Waals surface area contributed by atoms with E-state index in [1.165, 1.54) is 19.2 Å². The second-order valence-corrected chi connectivity index (χ2v) is 7.28. The zero-order valence-corrected chi connectivity index (χ0v) is 18.1. The van der Waals surface area contributed by atoms with E-state index in [0.717, 1.165) is 0 Å². The number of rotatable bonds is 8. The number of ether oxygens (including phenoxy) is 2. The summed E-state index contributed by atoms with van der Waals surface area (Å²) in [4.78, 5) is 39.5. The van der Waals surface area contributed by atoms with Crippen LogP contribution in [0.25, 0.3) is 0 Å². The molecule has 2 aromatic rings. The van der Waals surface area contributed by atoms with E-state index in [1.807, 2.05) is 0 Å². The number of anilines is 1. The molecule has 0 atom stereocenters. The summed E-state index contributed by atoms with van der Waals surface area (Å²) in [7, 11) is 3.07. The van der Waals surface area contributed by atoms with Crippen LogP contribution in [0.4, 0.5) is 11.4 Å². The molecule has 1 N–H and O–H groups in total. The van der Waals surface area contributed by atoms with Crippen molar-refractivity contribution in [2.45, 2.75) is 6.42 Å². The fraction of sp³-hybridized carbons (Fsp3) is 0.364. The Morgan fingerprint density at radius 3 is 2.38 bits per heavy atom. The molecule has 0 aromatic heterocycles. The van der Waals surface area contributed by atoms with Crippen molar-refractivity contribution in [3.8, 4) is 11.5 Å². The summed E-state index contributed by atoms with van der Waals surface area (Å²) in [6.07, 6.45) is 0.204. The van der Waals surface area contributed by atoms with Crippen LogP contribution in [0.2, 0.25) is 0 Å². The molecule has 10 nitrogen and oxygen atoms in total. The Bertz CT molecular complexity index is 988. The SMILES string of the molecule is COc1ccc(C(=O)N2CCN(CCC(=O)Nc3ccccc3[N+](=O)[O-])CC2)cc1OC. The first-order valence-electron chi connectivity index (χ1n) is 10.2. The molecule has 0 spiro atoms. The Labute approximate surface area is 185 Å². The predicted molar refractivity (Wildman–Crippen MR) is 118 cm³/mol. The Hall–Kier alpha value is -3.66. The number of benzene rings is 2. The molecule has 10 heteroatoms. The summed E-state index contributed by atoms with van der Waals surface area (Å²) >= 11 is 0. The van der Waals surface area contributed by atoms with Gasteiger partial charge in [-0.1, -0.05) is 12.1 Å². The average molecular weight is 442 g/mol. The highest BCUT2D eigenvalue weighted by Gasteiger charge is 2.23. The molecule has 170 valence electrons. The Morgan fingerprint density at radius 2 is 1.72 bits per heavy atom. The van der Waals surface area contributed by atoms with E-state index in [9.17, 15) is 19.7 Å². The first-order chi connectivity index (χ1) is 15.4. The third-order valence-electron chi connectivity index (χ3n) is 5.32. The smallest absolute Gasteiger partial charge is 0.292 e. The lowest BCUT2D eigenvalue weighted by atomic mass is 10.1. The number of nitrogens with zero attached hydrogens (tertiary/aromatic N) is 3. The van der Waals surface area contributed by atoms with Crippen LogP contribution < -0.4 is 14.8 Å². The van der Waals surface area contributed by atoms with Crippen LogP contribution in [0.3, 0.4) is 0 Å². The minimum absolute atomic E-state index is 0.0836. The first kappa shape index (κ1) is 23.0. The summed E-state index contributed by atoms with van der Waals surface area (Å²) in [5.74, 6) is 0.692. The zero-order valence-electron chi connectivity index (χ0n) is 18.1. The number of hydrogen-bond acceptors (Lipinski definition) is 7. The van der Waals surface area contributed by atoms with Crippen LogP contribution in [0.5, 0.6) is 11.5 Å². The molecule has 3 rings (SSSR count). The molecule has 1 saturated heterocycles. The largest absolute Gasteiger partial charge is 0.493 e. The van der Waals surface area contributed by atoms with E-state index >= 15 is 0 Å². The number of piperazine rings is 1. The van der Waals surface area contributed by atoms with E-state index in [-0.39, 0.29) is 29.6 Å². The molecule has 32 heavy (non-hydrogen) atoms. The van der Waals surface area contributed by atoms with Crippen molar-refractivity contribution < 1.29 is 24.0 Å². The molecule has 0 radical (unpaired) electrons. The Kier molecular flexibility index (Phi) is 7.61. The van der Waals surface area contributed by atoms with E-state index in [4.69, 9.17) is 9.47 Å². The van der Waals surface area contributed by atoms with Gasteiger partial charge in [-0.3, -0.25) is 24.6 Å². The van der Waals surface area contributed by atoms with Gasteiger partial charge in [0, 0.05) is 50.8 Å². The number of amides is 2. The molecule has 1 aliphatic heterocycles. The quantitative estimate of drug-likeness (QED) is 0.493. The van der Waals surface area contributed by atoms with Gasteiger partial charge < -0.3 is 19.7 Å². The van der Waals surface area contributed by atoms with Crippen molar-refractivity contribution in [1.82, 2.24) is 9.80 Å². The van der Waals surface area contributed by atoms with E-state index < -0.39 is 4.92 Å². The van der Waals surface area contributed by atoms with Gasteiger partial charge in [0.2, 0.25) is 5.91 Å². The van der Waals surface area contributed by atoms with Gasteiger partial charge in [0.05, 0.1) is 19.1 Å². The first-order valence-corrected chi connectivity index (χ1v) is 10.2. The Balaban J connectivity index is 1.48. The van der Waals surface area contributed by atoms with Crippen LogP contribution in [0.1, 0.15) is 16.8 Å². The van der Waals surface area contributed by atoms with Crippen LogP contribution in [0, 0.1) is 10.1 Å². The van der Waals surface area contributed by atoms with Gasteiger partial charge in [0.1, 0.15) is 5.69 Å². The van der Waals surface area contributed by atoms with Crippen molar-refractivity contribution in [2.75, 3.05) is 52.3 Å². The number of para-hydroxylation sites is 2. The van der Waals surface area contributed by atoms with Crippen molar-refractivity contribution in [3.63, 3.8) is 0 Å². The standard InChI is InChI=1S/C22H26N4O6/c1-31-19-8-7-16(15-20(19)32-2)22(28)25-13-11-24(12-14-25)10-9-21(27)23-17-5-3-4-6-18(17)26(29)30/h3-8,15H,9-14H2,1-2H3,(H,23,27). The summed E-state index contributed by atoms with van der Waals surface area (Å²) in [6, 6.07) is 11.1. The van der Waals surface area contributed by atoms with Gasteiger partial charge in [-0.15, -0.1) is 0 Å². The topological polar surface area (TPSA) is 114 Å². The number of carbonyl (C=O) groups excluding carboxylic acids is 2. The molecular weight excluding hydrogens is 416 g/mol. The van der Waals surface area contributed by atoms with Gasteiger partial charge in [0.15, 0.2) is 11.5 Å². The van der Waals surface area contributed by atoms with E-state index in [0.29, 0.717) is 49.8 Å². The maximum Gasteiger partial charge on any atom is 0.292 e. The number of hydrogen-bond donors (Lipinski definition) is 1. The maximum atomic E-state index is 12.8. The van der Waals surface area contributed by atoms with Crippen molar-refractivity contribution in [1.29, 1.82) is 0 Å². The lowest BCUT2D eigenvalue weighted by Crippen LogP contribution is -2.49. The number of nitrogens with one attached hydrogen (secondary N) is 1. The molecule has 1 fully saturated rings. The number of carbonyl (C=O) groups is 2. The van der Waals surface area contributed by atoms with E-state index in [2.05, 4.69) is 10.2 Å². The predicted octanol–water partition coefficient (Wildman–Crippen LogP) is 2.40. The summed E-state index contributed by atoms with van der Waals surface area (Å²) in [5, 5.41) is 13.7. The third-order valence-corrected chi connectivity index (χ3v) is 5.32. The van der Waals surface area contributed by atoms with Crippen LogP contribution in [-0.2, 0) is 4.79 Å². The van der Waals surface area contributed by atoms with Crippen LogP contribution >= 0.6 is 0 Å². The van der Waals surface area contributed by atoms with Gasteiger partial charge in [-0.25, -0.2) is 0 Å². The lowest BCUT2D eigenvalue weighted by molar-refractivity contribution is -0.383. The molecule has 1 aliphatic rings. The fourth-order valence-corrected chi connectivity index (χ4v) is 3.54. The highest BCUT2D eigenvalue weighted by Crippen LogP contribution is 2.28. The highest BCUT2D eigenvalue weighted by molar-refractivity contribution is 5.95. The van der Waals surface area contributed by atoms with E-state index in [1.54, 1.807) is 42.3 Å². The molecule has 0 bridgehead atoms. The van der Waals surface area contributed by atoms with Gasteiger partial charge in [0.25, 0.3) is 11.6 Å². The Morgan fingerprint density at radius 1 is 1.03 bits per heavy atom.